The van der Waals surface area contributed by atoms with Crippen LogP contribution in [0.15, 0.2) is 12.2 Å². The average Bonchev–Trinajstić information content (AvgIpc) is 2.78. The van der Waals surface area contributed by atoms with Crippen molar-refractivity contribution in [3.8, 4) is 0 Å². The number of carbonyl (C=O) groups excluding carboxylic acids is 3. The highest BCUT2D eigenvalue weighted by Gasteiger charge is 2.21. The normalized spacial score (nSPS) is 12.2. The minimum atomic E-state index is -0.369. The molecule has 0 saturated heterocycles. The molecule has 0 aliphatic heterocycles. The van der Waals surface area contributed by atoms with Gasteiger partial charge in [0.2, 0.25) is 6.54 Å². The van der Waals surface area contributed by atoms with Crippen molar-refractivity contribution in [2.45, 2.75) is 94.4 Å². The van der Waals surface area contributed by atoms with Gasteiger partial charge < -0.3 is 19.9 Å². The fraction of sp³-hybridized carbons (Fsp3) is 0.828. The number of hydrogen-bond donors (Lipinski definition) is 1. The van der Waals surface area contributed by atoms with E-state index in [1.807, 2.05) is 26.8 Å². The lowest BCUT2D eigenvalue weighted by atomic mass is 9.94. The minimum Gasteiger partial charge on any atom is -0.466 e. The lowest BCUT2D eigenvalue weighted by molar-refractivity contribution is -0.488. The van der Waals surface area contributed by atoms with Crippen molar-refractivity contribution < 1.29 is 33.5 Å². The lowest BCUT2D eigenvalue weighted by Crippen LogP contribution is -2.21. The van der Waals surface area contributed by atoms with Crippen molar-refractivity contribution in [3.05, 3.63) is 22.3 Å². The summed E-state index contributed by atoms with van der Waals surface area (Å²) in [6.45, 7) is 19.4. The minimum absolute atomic E-state index is 0.126. The number of hydrogen-bond acceptors (Lipinski definition) is 9. The van der Waals surface area contributed by atoms with Gasteiger partial charge in [-0.15, -0.1) is 0 Å². The van der Waals surface area contributed by atoms with E-state index in [4.69, 9.17) is 19.9 Å². The largest absolute Gasteiger partial charge is 0.466 e. The Morgan fingerprint density at radius 3 is 1.56 bits per heavy atom. The molecule has 0 heterocycles. The van der Waals surface area contributed by atoms with Gasteiger partial charge in [-0.1, -0.05) is 47.6 Å². The van der Waals surface area contributed by atoms with Crippen LogP contribution in [0.5, 0.6) is 0 Å². The molecular weight excluding hydrogens is 504 g/mol. The molecule has 0 fully saturated rings. The fourth-order valence-corrected chi connectivity index (χ4v) is 3.57. The summed E-state index contributed by atoms with van der Waals surface area (Å²) in [6, 6.07) is 0. The quantitative estimate of drug-likeness (QED) is 0.0789. The molecule has 0 bridgehead atoms. The molecule has 2 unspecified atom stereocenters. The molecule has 10 nitrogen and oxygen atoms in total. The van der Waals surface area contributed by atoms with E-state index >= 15 is 0 Å². The Labute approximate surface area is 236 Å². The highest BCUT2D eigenvalue weighted by molar-refractivity contribution is 5.81. The van der Waals surface area contributed by atoms with Crippen molar-refractivity contribution >= 4 is 17.9 Å². The number of nitro groups is 1. The van der Waals surface area contributed by atoms with Gasteiger partial charge in [-0.2, -0.15) is 0 Å². The van der Waals surface area contributed by atoms with Gasteiger partial charge >= 0.3 is 17.9 Å². The fourth-order valence-electron chi connectivity index (χ4n) is 3.57. The molecule has 10 heteroatoms. The highest BCUT2D eigenvalue weighted by Crippen LogP contribution is 2.16. The van der Waals surface area contributed by atoms with E-state index in [-0.39, 0.29) is 47.6 Å². The molecule has 0 spiro atoms. The Morgan fingerprint density at radius 1 is 0.769 bits per heavy atom. The second-order valence-electron chi connectivity index (χ2n) is 10.5. The van der Waals surface area contributed by atoms with Gasteiger partial charge in [0.1, 0.15) is 0 Å². The van der Waals surface area contributed by atoms with Gasteiger partial charge in [0.05, 0.1) is 26.2 Å². The van der Waals surface area contributed by atoms with Gasteiger partial charge in [0, 0.05) is 23.3 Å². The molecule has 0 saturated carbocycles. The first-order valence-electron chi connectivity index (χ1n) is 14.2. The molecule has 0 aromatic carbocycles. The van der Waals surface area contributed by atoms with E-state index in [1.165, 1.54) is 6.08 Å². The average molecular weight is 561 g/mol. The van der Waals surface area contributed by atoms with Crippen molar-refractivity contribution in [1.82, 2.24) is 0 Å². The van der Waals surface area contributed by atoms with E-state index < -0.39 is 0 Å². The number of nitrogens with two attached hydrogens (primary N) is 1. The predicted octanol–water partition coefficient (Wildman–Crippen LogP) is 5.59. The Balaban J connectivity index is -0.000000505. The Bertz CT molecular complexity index is 678. The van der Waals surface area contributed by atoms with E-state index in [1.54, 1.807) is 13.8 Å². The molecule has 0 amide bonds. The first kappa shape index (κ1) is 41.0. The van der Waals surface area contributed by atoms with Crippen LogP contribution in [0.2, 0.25) is 0 Å². The molecule has 0 aromatic heterocycles. The van der Waals surface area contributed by atoms with Gasteiger partial charge in [0.15, 0.2) is 0 Å². The predicted molar refractivity (Wildman–Crippen MR) is 155 cm³/mol. The third kappa shape index (κ3) is 33.5. The number of carbonyl (C=O) groups is 3. The van der Waals surface area contributed by atoms with Gasteiger partial charge in [0.25, 0.3) is 0 Å². The van der Waals surface area contributed by atoms with Crippen LogP contribution in [0.3, 0.4) is 0 Å². The summed E-state index contributed by atoms with van der Waals surface area (Å²) in [7, 11) is 0. The van der Waals surface area contributed by atoms with E-state index in [0.717, 1.165) is 12.8 Å². The molecule has 0 aliphatic carbocycles. The molecule has 230 valence electrons. The van der Waals surface area contributed by atoms with Crippen LogP contribution in [-0.4, -0.2) is 55.7 Å². The second kappa shape index (κ2) is 27.1. The molecule has 2 N–H and O–H groups in total. The van der Waals surface area contributed by atoms with Crippen LogP contribution in [0, 0.1) is 39.7 Å². The summed E-state index contributed by atoms with van der Waals surface area (Å²) < 4.78 is 14.3. The zero-order chi connectivity index (χ0) is 30.8. The lowest BCUT2D eigenvalue weighted by Gasteiger charge is -2.15. The summed E-state index contributed by atoms with van der Waals surface area (Å²) in [6.07, 6.45) is 6.55. The third-order valence-electron chi connectivity index (χ3n) is 5.02. The molecular formula is C29H56N2O8. The van der Waals surface area contributed by atoms with Crippen LogP contribution >= 0.6 is 0 Å². The van der Waals surface area contributed by atoms with Crippen molar-refractivity contribution in [2.75, 3.05) is 32.9 Å². The highest BCUT2D eigenvalue weighted by atomic mass is 16.6. The number of ether oxygens (including phenoxy) is 3. The summed E-state index contributed by atoms with van der Waals surface area (Å²) in [5.74, 6) is 0.892. The zero-order valence-electron chi connectivity index (χ0n) is 25.9. The Morgan fingerprint density at radius 2 is 1.21 bits per heavy atom. The smallest absolute Gasteiger partial charge is 0.330 e. The third-order valence-corrected chi connectivity index (χ3v) is 5.02. The first-order valence-corrected chi connectivity index (χ1v) is 14.2. The van der Waals surface area contributed by atoms with Crippen LogP contribution in [0.4, 0.5) is 0 Å². The molecule has 2 atom stereocenters. The molecule has 0 rings (SSSR count). The van der Waals surface area contributed by atoms with E-state index in [0.29, 0.717) is 57.0 Å². The topological polar surface area (TPSA) is 148 Å². The number of nitrogens with zero attached hydrogens (tertiary/aromatic N) is 1. The number of esters is 3. The van der Waals surface area contributed by atoms with Crippen LogP contribution in [0.1, 0.15) is 94.4 Å². The second-order valence-corrected chi connectivity index (χ2v) is 10.5. The number of rotatable bonds is 17. The molecule has 0 aromatic rings. The standard InChI is InChI=1S/C10H19NO4.C10H21NO2.C9H16O2/c1-4-15-10(12)6-9(5-8(2)3)7-11(13)14;1-4-13-10(12)6-9(7-11)5-8(2)3;1-4-11-9(10)7-5-6-8(2)3/h8-9H,4-7H2,1-3H3;8-9H,4-7,11H2,1-3H3;5,7-8H,4,6H2,1-3H3/b;;7-5+. The van der Waals surface area contributed by atoms with Gasteiger partial charge in [-0.05, 0) is 70.3 Å². The molecule has 0 radical (unpaired) electrons. The molecule has 39 heavy (non-hydrogen) atoms. The summed E-state index contributed by atoms with van der Waals surface area (Å²) in [5, 5.41) is 10.4. The first-order chi connectivity index (χ1) is 18.2. The van der Waals surface area contributed by atoms with Gasteiger partial charge in [-0.3, -0.25) is 19.7 Å². The van der Waals surface area contributed by atoms with Crippen molar-refractivity contribution in [1.29, 1.82) is 0 Å². The summed E-state index contributed by atoms with van der Waals surface area (Å²) >= 11 is 0. The maximum absolute atomic E-state index is 11.2. The monoisotopic (exact) mass is 560 g/mol. The summed E-state index contributed by atoms with van der Waals surface area (Å²) in [5.41, 5.74) is 5.56. The number of allylic oxidation sites excluding steroid dienone is 1. The van der Waals surface area contributed by atoms with Crippen LogP contribution in [-0.2, 0) is 28.6 Å². The SMILES string of the molecule is CCOC(=O)/C=C/CC(C)C.CCOC(=O)CC(CC(C)C)C[N+](=O)[O-].CCOC(=O)CC(CN)CC(C)C. The maximum atomic E-state index is 11.2. The van der Waals surface area contributed by atoms with Crippen LogP contribution in [0.25, 0.3) is 0 Å². The van der Waals surface area contributed by atoms with Gasteiger partial charge in [-0.25, -0.2) is 4.79 Å². The molecule has 0 aliphatic rings. The van der Waals surface area contributed by atoms with E-state index in [9.17, 15) is 24.5 Å². The zero-order valence-corrected chi connectivity index (χ0v) is 25.9. The van der Waals surface area contributed by atoms with Crippen LogP contribution < -0.4 is 5.73 Å². The Kier molecular flexibility index (Phi) is 28.5. The maximum Gasteiger partial charge on any atom is 0.330 e. The summed E-state index contributed by atoms with van der Waals surface area (Å²) in [4.78, 5) is 43.0. The van der Waals surface area contributed by atoms with Crippen molar-refractivity contribution in [2.24, 2.45) is 35.3 Å². The Hall–Kier alpha value is -2.49. The van der Waals surface area contributed by atoms with Crippen molar-refractivity contribution in [3.63, 3.8) is 0 Å². The van der Waals surface area contributed by atoms with E-state index in [2.05, 4.69) is 27.7 Å².